The van der Waals surface area contributed by atoms with Crippen molar-refractivity contribution in [3.05, 3.63) is 59.7 Å². The molecular formula is C19H17F2NO5. The number of benzene rings is 2. The molecule has 0 bridgehead atoms. The summed E-state index contributed by atoms with van der Waals surface area (Å²) >= 11 is 0. The van der Waals surface area contributed by atoms with Gasteiger partial charge in [0.25, 0.3) is 5.91 Å². The number of anilines is 1. The van der Waals surface area contributed by atoms with Crippen LogP contribution in [-0.2, 0) is 14.3 Å². The van der Waals surface area contributed by atoms with E-state index in [0.29, 0.717) is 11.3 Å². The van der Waals surface area contributed by atoms with E-state index in [-0.39, 0.29) is 5.78 Å². The van der Waals surface area contributed by atoms with Gasteiger partial charge in [0.1, 0.15) is 23.1 Å². The first-order valence-corrected chi connectivity index (χ1v) is 7.96. The molecule has 2 aromatic carbocycles. The number of para-hydroxylation sites is 1. The first-order chi connectivity index (χ1) is 12.8. The minimum Gasteiger partial charge on any atom is -0.482 e. The van der Waals surface area contributed by atoms with E-state index >= 15 is 0 Å². The highest BCUT2D eigenvalue weighted by molar-refractivity contribution is 5.95. The van der Waals surface area contributed by atoms with Gasteiger partial charge in [-0.25, -0.2) is 13.6 Å². The Morgan fingerprint density at radius 1 is 1.04 bits per heavy atom. The van der Waals surface area contributed by atoms with Crippen LogP contribution in [0.5, 0.6) is 5.75 Å². The van der Waals surface area contributed by atoms with Gasteiger partial charge in [-0.1, -0.05) is 6.07 Å². The molecule has 0 aliphatic carbocycles. The molecule has 0 saturated carbocycles. The molecule has 2 aromatic rings. The van der Waals surface area contributed by atoms with E-state index in [2.05, 4.69) is 0 Å². The molecule has 1 atom stereocenters. The zero-order chi connectivity index (χ0) is 20.0. The minimum atomic E-state index is -1.29. The van der Waals surface area contributed by atoms with Crippen LogP contribution in [0.4, 0.5) is 14.5 Å². The lowest BCUT2D eigenvalue weighted by Gasteiger charge is -2.14. The molecule has 1 amide bonds. The highest BCUT2D eigenvalue weighted by Gasteiger charge is 2.21. The predicted molar refractivity (Wildman–Crippen MR) is 92.5 cm³/mol. The SMILES string of the molecule is CC(=O)c1ccc(OCC(=O)OC(C)C(=O)Nc2c(F)cccc2F)cc1. The smallest absolute Gasteiger partial charge is 0.344 e. The minimum absolute atomic E-state index is 0.105. The molecule has 0 heterocycles. The van der Waals surface area contributed by atoms with Crippen molar-refractivity contribution in [3.63, 3.8) is 0 Å². The zero-order valence-corrected chi connectivity index (χ0v) is 14.6. The number of Topliss-reactive ketones (excluding diaryl/α,β-unsaturated/α-hetero) is 1. The maximum absolute atomic E-state index is 13.5. The molecule has 0 saturated heterocycles. The van der Waals surface area contributed by atoms with E-state index in [1.807, 2.05) is 5.32 Å². The van der Waals surface area contributed by atoms with Gasteiger partial charge in [-0.05, 0) is 50.2 Å². The second-order valence-corrected chi connectivity index (χ2v) is 5.59. The van der Waals surface area contributed by atoms with Gasteiger partial charge >= 0.3 is 5.97 Å². The second kappa shape index (κ2) is 8.88. The van der Waals surface area contributed by atoms with Crippen LogP contribution in [0, 0.1) is 11.6 Å². The summed E-state index contributed by atoms with van der Waals surface area (Å²) in [7, 11) is 0. The van der Waals surface area contributed by atoms with Crippen molar-refractivity contribution in [2.24, 2.45) is 0 Å². The van der Waals surface area contributed by atoms with Crippen LogP contribution in [0.25, 0.3) is 0 Å². The van der Waals surface area contributed by atoms with Gasteiger partial charge in [0.2, 0.25) is 0 Å². The van der Waals surface area contributed by atoms with E-state index in [1.165, 1.54) is 26.0 Å². The number of hydrogen-bond acceptors (Lipinski definition) is 5. The molecule has 0 aliphatic heterocycles. The van der Waals surface area contributed by atoms with Crippen molar-refractivity contribution >= 4 is 23.3 Å². The lowest BCUT2D eigenvalue weighted by Crippen LogP contribution is -2.32. The standard InChI is InChI=1S/C19H17F2NO5/c1-11(23)13-6-8-14(9-7-13)26-10-17(24)27-12(2)19(25)22-18-15(20)4-3-5-16(18)21/h3-9,12H,10H2,1-2H3,(H,22,25). The maximum atomic E-state index is 13.5. The Morgan fingerprint density at radius 3 is 2.19 bits per heavy atom. The van der Waals surface area contributed by atoms with Crippen molar-refractivity contribution in [1.29, 1.82) is 0 Å². The van der Waals surface area contributed by atoms with Gasteiger partial charge in [-0.3, -0.25) is 9.59 Å². The summed E-state index contributed by atoms with van der Waals surface area (Å²) in [5, 5.41) is 2.04. The van der Waals surface area contributed by atoms with Crippen molar-refractivity contribution in [2.75, 3.05) is 11.9 Å². The Hall–Kier alpha value is -3.29. The normalized spacial score (nSPS) is 11.4. The van der Waals surface area contributed by atoms with E-state index in [4.69, 9.17) is 9.47 Å². The molecule has 0 aromatic heterocycles. The van der Waals surface area contributed by atoms with Gasteiger partial charge in [0.05, 0.1) is 0 Å². The lowest BCUT2D eigenvalue weighted by atomic mass is 10.1. The number of ether oxygens (including phenoxy) is 2. The number of halogens is 2. The van der Waals surface area contributed by atoms with Crippen LogP contribution in [0.3, 0.4) is 0 Å². The summed E-state index contributed by atoms with van der Waals surface area (Å²) in [5.74, 6) is -3.39. The Labute approximate surface area is 154 Å². The third-order valence-corrected chi connectivity index (χ3v) is 3.51. The quantitative estimate of drug-likeness (QED) is 0.592. The van der Waals surface area contributed by atoms with Crippen molar-refractivity contribution in [1.82, 2.24) is 0 Å². The van der Waals surface area contributed by atoms with Crippen LogP contribution in [0.1, 0.15) is 24.2 Å². The highest BCUT2D eigenvalue weighted by Crippen LogP contribution is 2.18. The molecular weight excluding hydrogens is 360 g/mol. The molecule has 1 N–H and O–H groups in total. The third-order valence-electron chi connectivity index (χ3n) is 3.51. The number of esters is 1. The van der Waals surface area contributed by atoms with E-state index in [1.54, 1.807) is 12.1 Å². The molecule has 8 heteroatoms. The average Bonchev–Trinajstić information content (AvgIpc) is 2.63. The van der Waals surface area contributed by atoms with Crippen LogP contribution in [0.2, 0.25) is 0 Å². The van der Waals surface area contributed by atoms with Gasteiger partial charge < -0.3 is 14.8 Å². The summed E-state index contributed by atoms with van der Waals surface area (Å²) in [6.45, 7) is 2.20. The number of amides is 1. The second-order valence-electron chi connectivity index (χ2n) is 5.59. The van der Waals surface area contributed by atoms with Crippen molar-refractivity contribution in [3.8, 4) is 5.75 Å². The van der Waals surface area contributed by atoms with E-state index in [9.17, 15) is 23.2 Å². The summed E-state index contributed by atoms with van der Waals surface area (Å²) in [5.41, 5.74) is -0.122. The molecule has 0 fully saturated rings. The molecule has 0 aliphatic rings. The van der Waals surface area contributed by atoms with E-state index < -0.39 is 41.9 Å². The molecule has 27 heavy (non-hydrogen) atoms. The van der Waals surface area contributed by atoms with Gasteiger partial charge in [-0.2, -0.15) is 0 Å². The van der Waals surface area contributed by atoms with Gasteiger partial charge in [-0.15, -0.1) is 0 Å². The van der Waals surface area contributed by atoms with Crippen LogP contribution in [-0.4, -0.2) is 30.4 Å². The van der Waals surface area contributed by atoms with E-state index in [0.717, 1.165) is 18.2 Å². The lowest BCUT2D eigenvalue weighted by molar-refractivity contribution is -0.155. The van der Waals surface area contributed by atoms with Crippen molar-refractivity contribution < 1.29 is 32.6 Å². The summed E-state index contributed by atoms with van der Waals surface area (Å²) in [4.78, 5) is 34.9. The Bertz CT molecular complexity index is 831. The fraction of sp³-hybridized carbons (Fsp3) is 0.211. The number of carbonyl (C=O) groups is 3. The molecule has 6 nitrogen and oxygen atoms in total. The Kier molecular flexibility index (Phi) is 6.59. The predicted octanol–water partition coefficient (Wildman–Crippen LogP) is 3.12. The van der Waals surface area contributed by atoms with Crippen LogP contribution in [0.15, 0.2) is 42.5 Å². The molecule has 1 unspecified atom stereocenters. The molecule has 2 rings (SSSR count). The van der Waals surface area contributed by atoms with Gasteiger partial charge in [0, 0.05) is 5.56 Å². The fourth-order valence-electron chi connectivity index (χ4n) is 2.05. The summed E-state index contributed by atoms with van der Waals surface area (Å²) in [6, 6.07) is 9.25. The molecule has 142 valence electrons. The molecule has 0 radical (unpaired) electrons. The largest absolute Gasteiger partial charge is 0.482 e. The van der Waals surface area contributed by atoms with Crippen LogP contribution >= 0.6 is 0 Å². The van der Waals surface area contributed by atoms with Gasteiger partial charge in [0.15, 0.2) is 18.5 Å². The topological polar surface area (TPSA) is 81.7 Å². The number of hydrogen-bond donors (Lipinski definition) is 1. The summed E-state index contributed by atoms with van der Waals surface area (Å²) < 4.78 is 37.1. The number of nitrogens with one attached hydrogen (secondary N) is 1. The Balaban J connectivity index is 1.85. The Morgan fingerprint density at radius 2 is 1.63 bits per heavy atom. The number of rotatable bonds is 7. The monoisotopic (exact) mass is 377 g/mol. The number of carbonyl (C=O) groups excluding carboxylic acids is 3. The first-order valence-electron chi connectivity index (χ1n) is 7.96. The van der Waals surface area contributed by atoms with Crippen LogP contribution < -0.4 is 10.1 Å². The highest BCUT2D eigenvalue weighted by atomic mass is 19.1. The van der Waals surface area contributed by atoms with Crippen molar-refractivity contribution in [2.45, 2.75) is 20.0 Å². The third kappa shape index (κ3) is 5.60. The summed E-state index contributed by atoms with van der Waals surface area (Å²) in [6.07, 6.45) is -1.29. The molecule has 0 spiro atoms. The zero-order valence-electron chi connectivity index (χ0n) is 14.6. The first kappa shape index (κ1) is 20.0. The number of ketones is 1. The fourth-order valence-corrected chi connectivity index (χ4v) is 2.05. The maximum Gasteiger partial charge on any atom is 0.344 e. The average molecular weight is 377 g/mol.